The van der Waals surface area contributed by atoms with E-state index in [9.17, 15) is 8.42 Å². The predicted molar refractivity (Wildman–Crippen MR) is 99.9 cm³/mol. The van der Waals surface area contributed by atoms with Gasteiger partial charge < -0.3 is 9.64 Å². The summed E-state index contributed by atoms with van der Waals surface area (Å²) >= 11 is 0. The van der Waals surface area contributed by atoms with E-state index >= 15 is 0 Å². The molecule has 0 bridgehead atoms. The Morgan fingerprint density at radius 2 is 1.93 bits per heavy atom. The van der Waals surface area contributed by atoms with Crippen LogP contribution in [0.15, 0.2) is 41.6 Å². The average molecular weight is 387 g/mol. The molecular weight excluding hydrogens is 366 g/mol. The molecule has 1 saturated heterocycles. The topological polar surface area (TPSA) is 99.4 Å². The normalized spacial score (nSPS) is 17.9. The van der Waals surface area contributed by atoms with E-state index in [2.05, 4.69) is 9.97 Å². The lowest BCUT2D eigenvalue weighted by Crippen LogP contribution is -2.44. The highest BCUT2D eigenvalue weighted by atomic mass is 32.2. The third-order valence-electron chi connectivity index (χ3n) is 4.31. The van der Waals surface area contributed by atoms with Crippen LogP contribution in [0.4, 0.5) is 5.82 Å². The number of benzene rings is 1. The second kappa shape index (κ2) is 7.90. The minimum atomic E-state index is -3.64. The van der Waals surface area contributed by atoms with E-state index in [1.807, 2.05) is 20.2 Å². The Bertz CT molecular complexity index is 938. The summed E-state index contributed by atoms with van der Waals surface area (Å²) in [7, 11) is 0.0521. The van der Waals surface area contributed by atoms with Crippen LogP contribution >= 0.6 is 0 Å². The van der Waals surface area contributed by atoms with Crippen molar-refractivity contribution in [2.75, 3.05) is 32.1 Å². The maximum Gasteiger partial charge on any atom is 0.257 e. The summed E-state index contributed by atoms with van der Waals surface area (Å²) in [5.74, 6) is 0.995. The van der Waals surface area contributed by atoms with Gasteiger partial charge in [0.1, 0.15) is 6.10 Å². The monoisotopic (exact) mass is 387 g/mol. The molecule has 0 N–H and O–H groups in total. The molecule has 1 aromatic carbocycles. The van der Waals surface area contributed by atoms with Gasteiger partial charge in [-0.05, 0) is 37.1 Å². The number of aromatic nitrogens is 2. The Hall–Kier alpha value is -2.70. The largest absolute Gasteiger partial charge is 0.470 e. The number of nitriles is 1. The van der Waals surface area contributed by atoms with Crippen molar-refractivity contribution in [1.29, 1.82) is 5.26 Å². The number of nitrogens with zero attached hydrogens (tertiary/aromatic N) is 5. The number of sulfonamides is 1. The second-order valence-corrected chi connectivity index (χ2v) is 8.40. The van der Waals surface area contributed by atoms with Crippen molar-refractivity contribution in [3.63, 3.8) is 0 Å². The molecule has 8 nitrogen and oxygen atoms in total. The highest BCUT2D eigenvalue weighted by Gasteiger charge is 2.32. The number of hydrogen-bond acceptors (Lipinski definition) is 7. The van der Waals surface area contributed by atoms with E-state index in [1.54, 1.807) is 17.3 Å². The molecule has 2 aromatic rings. The number of hydrogen-bond donors (Lipinski definition) is 0. The van der Waals surface area contributed by atoms with E-state index in [4.69, 9.17) is 10.00 Å². The van der Waals surface area contributed by atoms with Crippen molar-refractivity contribution in [1.82, 2.24) is 14.3 Å². The molecular formula is C18H21N5O3S. The van der Waals surface area contributed by atoms with E-state index < -0.39 is 10.0 Å². The van der Waals surface area contributed by atoms with Gasteiger partial charge in [0.2, 0.25) is 10.0 Å². The summed E-state index contributed by atoms with van der Waals surface area (Å²) in [5, 5.41) is 8.88. The Morgan fingerprint density at radius 1 is 1.22 bits per heavy atom. The smallest absolute Gasteiger partial charge is 0.257 e. The summed E-state index contributed by atoms with van der Waals surface area (Å²) in [6.07, 6.45) is 4.27. The molecule has 0 amide bonds. The van der Waals surface area contributed by atoms with Gasteiger partial charge in [-0.15, -0.1) is 0 Å². The second-order valence-electron chi connectivity index (χ2n) is 6.46. The highest BCUT2D eigenvalue weighted by molar-refractivity contribution is 7.89. The van der Waals surface area contributed by atoms with Crippen LogP contribution in [-0.4, -0.2) is 56.0 Å². The molecule has 0 saturated carbocycles. The SMILES string of the molecule is CN(C)c1nccnc1O[C@@H]1CCCN(S(=O)(=O)c2ccc(C#N)cc2)C1. The van der Waals surface area contributed by atoms with Crippen molar-refractivity contribution in [2.24, 2.45) is 0 Å². The first-order chi connectivity index (χ1) is 12.9. The fourth-order valence-corrected chi connectivity index (χ4v) is 4.45. The van der Waals surface area contributed by atoms with Crippen LogP contribution in [0.5, 0.6) is 5.88 Å². The molecule has 27 heavy (non-hydrogen) atoms. The molecule has 2 heterocycles. The summed E-state index contributed by atoms with van der Waals surface area (Å²) in [6, 6.07) is 7.93. The lowest BCUT2D eigenvalue weighted by Gasteiger charge is -2.32. The van der Waals surface area contributed by atoms with E-state index in [0.29, 0.717) is 30.2 Å². The van der Waals surface area contributed by atoms with Crippen LogP contribution < -0.4 is 9.64 Å². The zero-order valence-electron chi connectivity index (χ0n) is 15.2. The Kier molecular flexibility index (Phi) is 5.58. The molecule has 0 radical (unpaired) electrons. The maximum atomic E-state index is 12.9. The molecule has 142 valence electrons. The van der Waals surface area contributed by atoms with Crippen molar-refractivity contribution in [3.05, 3.63) is 42.2 Å². The Balaban J connectivity index is 1.77. The number of rotatable bonds is 5. The summed E-state index contributed by atoms with van der Waals surface area (Å²) in [4.78, 5) is 10.5. The van der Waals surface area contributed by atoms with Gasteiger partial charge in [0.15, 0.2) is 5.82 Å². The zero-order chi connectivity index (χ0) is 19.4. The van der Waals surface area contributed by atoms with Gasteiger partial charge in [-0.1, -0.05) is 0 Å². The quantitative estimate of drug-likeness (QED) is 0.769. The molecule has 1 aromatic heterocycles. The molecule has 0 unspecified atom stereocenters. The van der Waals surface area contributed by atoms with Crippen molar-refractivity contribution in [3.8, 4) is 11.9 Å². The van der Waals surface area contributed by atoms with Gasteiger partial charge in [0, 0.05) is 33.0 Å². The molecule has 1 atom stereocenters. The van der Waals surface area contributed by atoms with Gasteiger partial charge in [-0.25, -0.2) is 18.4 Å². The third kappa shape index (κ3) is 4.18. The van der Waals surface area contributed by atoms with Gasteiger partial charge in [-0.2, -0.15) is 9.57 Å². The third-order valence-corrected chi connectivity index (χ3v) is 6.19. The van der Waals surface area contributed by atoms with Crippen LogP contribution in [0.3, 0.4) is 0 Å². The maximum absolute atomic E-state index is 12.9. The van der Waals surface area contributed by atoms with Crippen LogP contribution in [0.2, 0.25) is 0 Å². The van der Waals surface area contributed by atoms with Crippen LogP contribution in [0.25, 0.3) is 0 Å². The molecule has 9 heteroatoms. The summed E-state index contributed by atoms with van der Waals surface area (Å²) in [5.41, 5.74) is 0.424. The zero-order valence-corrected chi connectivity index (χ0v) is 16.1. The highest BCUT2D eigenvalue weighted by Crippen LogP contribution is 2.26. The fraction of sp³-hybridized carbons (Fsp3) is 0.389. The number of piperidine rings is 1. The molecule has 1 aliphatic rings. The predicted octanol–water partition coefficient (Wildman–Crippen LogP) is 1.65. The molecule has 1 fully saturated rings. The fourth-order valence-electron chi connectivity index (χ4n) is 2.94. The number of ether oxygens (including phenoxy) is 1. The van der Waals surface area contributed by atoms with E-state index in [-0.39, 0.29) is 17.5 Å². The molecule has 0 aliphatic carbocycles. The summed E-state index contributed by atoms with van der Waals surface area (Å²) in [6.45, 7) is 0.676. The van der Waals surface area contributed by atoms with Crippen LogP contribution in [0.1, 0.15) is 18.4 Å². The van der Waals surface area contributed by atoms with Gasteiger partial charge in [0.25, 0.3) is 5.88 Å². The lowest BCUT2D eigenvalue weighted by molar-refractivity contribution is 0.125. The first kappa shape index (κ1) is 19.1. The lowest BCUT2D eigenvalue weighted by atomic mass is 10.1. The van der Waals surface area contributed by atoms with Crippen LogP contribution in [0, 0.1) is 11.3 Å². The minimum absolute atomic E-state index is 0.177. The standard InChI is InChI=1S/C18H21N5O3S/c1-22(2)17-18(21-10-9-20-17)26-15-4-3-11-23(13-15)27(24,25)16-7-5-14(12-19)6-8-16/h5-10,15H,3-4,11,13H2,1-2H3/t15-/m1/s1. The van der Waals surface area contributed by atoms with Crippen molar-refractivity contribution < 1.29 is 13.2 Å². The minimum Gasteiger partial charge on any atom is -0.470 e. The molecule has 3 rings (SSSR count). The molecule has 0 spiro atoms. The Labute approximate surface area is 159 Å². The average Bonchev–Trinajstić information content (AvgIpc) is 2.68. The van der Waals surface area contributed by atoms with Crippen molar-refractivity contribution >= 4 is 15.8 Å². The van der Waals surface area contributed by atoms with Gasteiger partial charge >= 0.3 is 0 Å². The Morgan fingerprint density at radius 3 is 2.59 bits per heavy atom. The van der Waals surface area contributed by atoms with E-state index in [1.165, 1.54) is 28.6 Å². The van der Waals surface area contributed by atoms with Crippen LogP contribution in [-0.2, 0) is 10.0 Å². The number of anilines is 1. The van der Waals surface area contributed by atoms with Gasteiger partial charge in [0.05, 0.1) is 23.1 Å². The molecule has 1 aliphatic heterocycles. The van der Waals surface area contributed by atoms with Gasteiger partial charge in [-0.3, -0.25) is 0 Å². The summed E-state index contributed by atoms with van der Waals surface area (Å²) < 4.78 is 33.2. The van der Waals surface area contributed by atoms with E-state index in [0.717, 1.165) is 6.42 Å². The van der Waals surface area contributed by atoms with Crippen molar-refractivity contribution in [2.45, 2.75) is 23.8 Å². The first-order valence-electron chi connectivity index (χ1n) is 8.57. The first-order valence-corrected chi connectivity index (χ1v) is 10.0.